The number of rotatable bonds is 0. The Hall–Kier alpha value is -0.260. The summed E-state index contributed by atoms with van der Waals surface area (Å²) in [6.07, 6.45) is 3.51. The Morgan fingerprint density at radius 2 is 2.07 bits per heavy atom. The summed E-state index contributed by atoms with van der Waals surface area (Å²) >= 11 is 0. The molecule has 3 atom stereocenters. The summed E-state index contributed by atoms with van der Waals surface area (Å²) in [6.45, 7) is 9.07. The standard InChI is InChI=1S/C15H24/c1-10-5-6-13-11(2)14(3,4)12-7-8-15(10,13)9-12/h10,12H,5-9H2,1-4H3/t10-,12-,15+/m0/s1/i9D2. The van der Waals surface area contributed by atoms with E-state index in [-0.39, 0.29) is 16.7 Å². The molecule has 0 N–H and O–H groups in total. The Morgan fingerprint density at radius 3 is 2.80 bits per heavy atom. The van der Waals surface area contributed by atoms with Crippen LogP contribution in [0.25, 0.3) is 0 Å². The Bertz CT molecular complexity index is 405. The van der Waals surface area contributed by atoms with Gasteiger partial charge in [-0.3, -0.25) is 0 Å². The van der Waals surface area contributed by atoms with Gasteiger partial charge in [-0.15, -0.1) is 0 Å². The fraction of sp³-hybridized carbons (Fsp3) is 0.867. The number of hydrogen-bond acceptors (Lipinski definition) is 0. The third-order valence-electron chi connectivity index (χ3n) is 5.76. The smallest absolute Gasteiger partial charge is 0.0279 e. The molecule has 0 amide bonds. The minimum absolute atomic E-state index is 0.0584. The first-order chi connectivity index (χ1) is 7.76. The van der Waals surface area contributed by atoms with E-state index in [1.807, 2.05) is 0 Å². The van der Waals surface area contributed by atoms with Gasteiger partial charge in [0.05, 0.1) is 0 Å². The zero-order chi connectivity index (χ0) is 12.6. The van der Waals surface area contributed by atoms with Gasteiger partial charge in [0.25, 0.3) is 0 Å². The van der Waals surface area contributed by atoms with Crippen molar-refractivity contribution in [1.29, 1.82) is 0 Å². The van der Waals surface area contributed by atoms with Crippen LogP contribution in [-0.2, 0) is 0 Å². The fourth-order valence-electron chi connectivity index (χ4n) is 4.30. The van der Waals surface area contributed by atoms with Crippen molar-refractivity contribution in [3.05, 3.63) is 11.1 Å². The van der Waals surface area contributed by atoms with Gasteiger partial charge < -0.3 is 0 Å². The normalized spacial score (nSPS) is 52.5. The molecule has 0 aliphatic heterocycles. The molecule has 3 rings (SSSR count). The van der Waals surface area contributed by atoms with Gasteiger partial charge in [0.1, 0.15) is 0 Å². The van der Waals surface area contributed by atoms with Crippen LogP contribution in [-0.4, -0.2) is 0 Å². The van der Waals surface area contributed by atoms with Gasteiger partial charge in [-0.25, -0.2) is 0 Å². The van der Waals surface area contributed by atoms with Crippen molar-refractivity contribution in [2.24, 2.45) is 22.7 Å². The highest BCUT2D eigenvalue weighted by atomic mass is 14.6. The molecular weight excluding hydrogens is 180 g/mol. The SMILES string of the molecule is [2H]C1([2H])[C@@H]2CC[C@@]13C(=C(C)C2(C)C)CC[C@@H]3C. The van der Waals surface area contributed by atoms with E-state index < -0.39 is 6.37 Å². The predicted molar refractivity (Wildman–Crippen MR) is 64.7 cm³/mol. The third kappa shape index (κ3) is 0.990. The molecule has 0 heteroatoms. The summed E-state index contributed by atoms with van der Waals surface area (Å²) in [7, 11) is 0. The van der Waals surface area contributed by atoms with Crippen LogP contribution in [0.5, 0.6) is 0 Å². The first kappa shape index (κ1) is 7.92. The molecule has 3 aliphatic rings. The Morgan fingerprint density at radius 1 is 1.33 bits per heavy atom. The molecule has 0 radical (unpaired) electrons. The second-order valence-corrected chi connectivity index (χ2v) is 6.47. The highest BCUT2D eigenvalue weighted by Gasteiger charge is 2.56. The first-order valence-electron chi connectivity index (χ1n) is 7.47. The van der Waals surface area contributed by atoms with Crippen LogP contribution in [0.4, 0.5) is 0 Å². The molecule has 0 aromatic carbocycles. The topological polar surface area (TPSA) is 0 Å². The summed E-state index contributed by atoms with van der Waals surface area (Å²) in [5, 5.41) is 0. The van der Waals surface area contributed by atoms with E-state index in [1.165, 1.54) is 17.6 Å². The second-order valence-electron chi connectivity index (χ2n) is 6.47. The van der Waals surface area contributed by atoms with Crippen LogP contribution >= 0.6 is 0 Å². The molecule has 0 nitrogen and oxygen atoms in total. The quantitative estimate of drug-likeness (QED) is 0.510. The van der Waals surface area contributed by atoms with Crippen LogP contribution in [0.15, 0.2) is 11.1 Å². The van der Waals surface area contributed by atoms with Gasteiger partial charge in [0, 0.05) is 2.74 Å². The van der Waals surface area contributed by atoms with Gasteiger partial charge in [-0.05, 0) is 61.6 Å². The predicted octanol–water partition coefficient (Wildman–Crippen LogP) is 4.56. The largest absolute Gasteiger partial charge is 0.0676 e. The van der Waals surface area contributed by atoms with Crippen molar-refractivity contribution in [2.45, 2.75) is 59.8 Å². The van der Waals surface area contributed by atoms with Crippen molar-refractivity contribution in [3.8, 4) is 0 Å². The van der Waals surface area contributed by atoms with Crippen LogP contribution < -0.4 is 0 Å². The van der Waals surface area contributed by atoms with Gasteiger partial charge in [0.15, 0.2) is 0 Å². The molecule has 0 aromatic heterocycles. The molecule has 2 saturated carbocycles. The van der Waals surface area contributed by atoms with Crippen LogP contribution in [0.1, 0.15) is 62.5 Å². The van der Waals surface area contributed by atoms with E-state index in [4.69, 9.17) is 2.74 Å². The van der Waals surface area contributed by atoms with Crippen molar-refractivity contribution >= 4 is 0 Å². The Balaban J connectivity index is 2.30. The molecule has 0 saturated heterocycles. The van der Waals surface area contributed by atoms with E-state index in [1.54, 1.807) is 0 Å². The number of fused-ring (bicyclic) bond motifs is 1. The zero-order valence-corrected chi connectivity index (χ0v) is 10.5. The molecule has 2 bridgehead atoms. The van der Waals surface area contributed by atoms with E-state index in [0.29, 0.717) is 5.92 Å². The first-order valence-corrected chi connectivity index (χ1v) is 6.47. The highest BCUT2D eigenvalue weighted by Crippen LogP contribution is 2.67. The third-order valence-corrected chi connectivity index (χ3v) is 5.76. The van der Waals surface area contributed by atoms with E-state index >= 15 is 0 Å². The van der Waals surface area contributed by atoms with Gasteiger partial charge >= 0.3 is 0 Å². The molecule has 0 unspecified atom stereocenters. The summed E-state index contributed by atoms with van der Waals surface area (Å²) in [4.78, 5) is 0. The maximum absolute atomic E-state index is 8.73. The van der Waals surface area contributed by atoms with E-state index in [2.05, 4.69) is 27.7 Å². The Kier molecular flexibility index (Phi) is 1.43. The minimum atomic E-state index is -0.985. The summed E-state index contributed by atoms with van der Waals surface area (Å²) in [5.74, 6) is 0.753. The molecular formula is C15H24. The average molecular weight is 206 g/mol. The minimum Gasteiger partial charge on any atom is -0.0676 e. The fourth-order valence-corrected chi connectivity index (χ4v) is 4.30. The number of hydrogen-bond donors (Lipinski definition) is 0. The maximum atomic E-state index is 8.73. The van der Waals surface area contributed by atoms with Crippen molar-refractivity contribution in [1.82, 2.24) is 0 Å². The molecule has 0 aromatic rings. The molecule has 84 valence electrons. The van der Waals surface area contributed by atoms with Crippen LogP contribution in [0.3, 0.4) is 0 Å². The van der Waals surface area contributed by atoms with E-state index in [0.717, 1.165) is 19.3 Å². The Labute approximate surface area is 97.0 Å². The molecule has 2 fully saturated rings. The average Bonchev–Trinajstić information content (AvgIpc) is 2.65. The molecule has 1 spiro atoms. The van der Waals surface area contributed by atoms with Gasteiger partial charge in [0.2, 0.25) is 0 Å². The van der Waals surface area contributed by atoms with Crippen LogP contribution in [0.2, 0.25) is 0 Å². The van der Waals surface area contributed by atoms with Crippen molar-refractivity contribution in [2.75, 3.05) is 0 Å². The van der Waals surface area contributed by atoms with E-state index in [9.17, 15) is 0 Å². The van der Waals surface area contributed by atoms with Crippen molar-refractivity contribution < 1.29 is 2.74 Å². The zero-order valence-electron chi connectivity index (χ0n) is 12.5. The lowest BCUT2D eigenvalue weighted by Gasteiger charge is -2.44. The van der Waals surface area contributed by atoms with Gasteiger partial charge in [-0.2, -0.15) is 0 Å². The summed E-state index contributed by atoms with van der Waals surface area (Å²) in [5.41, 5.74) is 2.97. The lowest BCUT2D eigenvalue weighted by Crippen LogP contribution is -2.34. The maximum Gasteiger partial charge on any atom is 0.0279 e. The number of allylic oxidation sites excluding steroid dienone is 2. The second kappa shape index (κ2) is 2.70. The van der Waals surface area contributed by atoms with Gasteiger partial charge in [-0.1, -0.05) is 31.9 Å². The monoisotopic (exact) mass is 206 g/mol. The highest BCUT2D eigenvalue weighted by molar-refractivity contribution is 5.36. The van der Waals surface area contributed by atoms with Crippen molar-refractivity contribution in [3.63, 3.8) is 0 Å². The summed E-state index contributed by atoms with van der Waals surface area (Å²) < 4.78 is 17.5. The summed E-state index contributed by atoms with van der Waals surface area (Å²) in [6, 6.07) is 0. The molecule has 0 heterocycles. The molecule has 15 heavy (non-hydrogen) atoms. The lowest BCUT2D eigenvalue weighted by atomic mass is 9.61. The van der Waals surface area contributed by atoms with Crippen LogP contribution in [0, 0.1) is 22.7 Å². The molecule has 3 aliphatic carbocycles. The lowest BCUT2D eigenvalue weighted by molar-refractivity contribution is 0.183.